The molecule has 0 aliphatic heterocycles. The molecule has 266 valence electrons. The van der Waals surface area contributed by atoms with Crippen LogP contribution in [-0.4, -0.2) is 55.1 Å². The molecule has 1 amide bonds. The van der Waals surface area contributed by atoms with E-state index >= 15 is 0 Å². The number of ether oxygens (including phenoxy) is 2. The smallest absolute Gasteiger partial charge is 0.328 e. The first kappa shape index (κ1) is 37.7. The monoisotopic (exact) mass is 724 g/mol. The Morgan fingerprint density at radius 1 is 0.863 bits per heavy atom. The highest BCUT2D eigenvalue weighted by Gasteiger charge is 2.25. The minimum absolute atomic E-state index is 0.177. The van der Waals surface area contributed by atoms with Crippen molar-refractivity contribution >= 4 is 35.2 Å². The SMILES string of the molecule is COC(=O)C(CCSC)NC(=O)c1ccc(CN(Cc2cc(-c3cccc(OC)c3)c(-c3ccc(Cl)cc3)o2)C(C)C)cc1-c1ccccc1C. The number of rotatable bonds is 15. The number of esters is 1. The molecular formula is C42H45ClN2O5S. The summed E-state index contributed by atoms with van der Waals surface area (Å²) in [6.07, 6.45) is 2.45. The molecule has 51 heavy (non-hydrogen) atoms. The average molecular weight is 725 g/mol. The molecule has 0 radical (unpaired) electrons. The van der Waals surface area contributed by atoms with Crippen LogP contribution in [0, 0.1) is 6.92 Å². The minimum atomic E-state index is -0.733. The van der Waals surface area contributed by atoms with E-state index < -0.39 is 12.0 Å². The second-order valence-corrected chi connectivity index (χ2v) is 14.1. The van der Waals surface area contributed by atoms with Gasteiger partial charge in [0.25, 0.3) is 5.91 Å². The molecule has 4 aromatic carbocycles. The van der Waals surface area contributed by atoms with Crippen LogP contribution in [0.1, 0.15) is 47.5 Å². The first-order valence-electron chi connectivity index (χ1n) is 17.0. The number of halogens is 1. The fourth-order valence-electron chi connectivity index (χ4n) is 6.05. The van der Waals surface area contributed by atoms with E-state index in [1.165, 1.54) is 7.11 Å². The van der Waals surface area contributed by atoms with Gasteiger partial charge in [0.1, 0.15) is 23.3 Å². The fourth-order valence-corrected chi connectivity index (χ4v) is 6.64. The highest BCUT2D eigenvalue weighted by Crippen LogP contribution is 2.38. The Kier molecular flexibility index (Phi) is 13.0. The van der Waals surface area contributed by atoms with Gasteiger partial charge in [-0.2, -0.15) is 11.8 Å². The zero-order chi connectivity index (χ0) is 36.5. The summed E-state index contributed by atoms with van der Waals surface area (Å²) in [4.78, 5) is 28.7. The molecule has 1 aromatic heterocycles. The molecule has 0 fully saturated rings. The first-order valence-corrected chi connectivity index (χ1v) is 18.7. The van der Waals surface area contributed by atoms with E-state index in [0.29, 0.717) is 35.8 Å². The lowest BCUT2D eigenvalue weighted by Crippen LogP contribution is -2.42. The van der Waals surface area contributed by atoms with E-state index in [-0.39, 0.29) is 11.9 Å². The van der Waals surface area contributed by atoms with Crippen molar-refractivity contribution in [3.63, 3.8) is 0 Å². The van der Waals surface area contributed by atoms with Crippen LogP contribution in [0.2, 0.25) is 5.02 Å². The Bertz CT molecular complexity index is 1960. The second kappa shape index (κ2) is 17.6. The van der Waals surface area contributed by atoms with Crippen molar-refractivity contribution < 1.29 is 23.5 Å². The number of nitrogens with zero attached hydrogens (tertiary/aromatic N) is 1. The van der Waals surface area contributed by atoms with Crippen LogP contribution in [0.3, 0.4) is 0 Å². The van der Waals surface area contributed by atoms with E-state index in [4.69, 9.17) is 25.5 Å². The minimum Gasteiger partial charge on any atom is -0.497 e. The number of thioether (sulfide) groups is 1. The zero-order valence-corrected chi connectivity index (χ0v) is 31.6. The van der Waals surface area contributed by atoms with Gasteiger partial charge in [-0.25, -0.2) is 4.79 Å². The van der Waals surface area contributed by atoms with Crippen LogP contribution in [0.5, 0.6) is 5.75 Å². The van der Waals surface area contributed by atoms with Gasteiger partial charge >= 0.3 is 5.97 Å². The summed E-state index contributed by atoms with van der Waals surface area (Å²) in [7, 11) is 3.01. The summed E-state index contributed by atoms with van der Waals surface area (Å²) < 4.78 is 17.1. The standard InChI is InChI=1S/C42H45ClN2O5S/c1-27(2)45(26-34-24-37(31-11-9-12-33(23-31)48-4)40(50-34)30-15-17-32(43)18-16-30)25-29-14-19-36(38(22-29)35-13-8-7-10-28(35)3)41(46)44-39(20-21-51-6)42(47)49-5/h7-19,22-24,27,39H,20-21,25-26H2,1-6H3,(H,44,46). The van der Waals surface area contributed by atoms with Gasteiger partial charge in [-0.15, -0.1) is 0 Å². The van der Waals surface area contributed by atoms with E-state index in [2.05, 4.69) is 42.3 Å². The summed E-state index contributed by atoms with van der Waals surface area (Å²) in [5.41, 5.74) is 7.25. The third-order valence-corrected chi connectivity index (χ3v) is 9.81. The molecule has 5 aromatic rings. The normalized spacial score (nSPS) is 11.9. The average Bonchev–Trinajstić information content (AvgIpc) is 3.56. The van der Waals surface area contributed by atoms with Gasteiger partial charge in [0.15, 0.2) is 0 Å². The molecule has 1 unspecified atom stereocenters. The summed E-state index contributed by atoms with van der Waals surface area (Å²) in [5, 5.41) is 3.60. The third kappa shape index (κ3) is 9.44. The van der Waals surface area contributed by atoms with Gasteiger partial charge < -0.3 is 19.2 Å². The highest BCUT2D eigenvalue weighted by atomic mass is 35.5. The Labute approximate surface area is 310 Å². The Balaban J connectivity index is 1.48. The number of furan rings is 1. The molecule has 1 N–H and O–H groups in total. The van der Waals surface area contributed by atoms with Crippen molar-refractivity contribution in [2.45, 2.75) is 52.4 Å². The number of carbonyl (C=O) groups is 2. The van der Waals surface area contributed by atoms with Crippen LogP contribution in [0.15, 0.2) is 101 Å². The molecule has 7 nitrogen and oxygen atoms in total. The number of aryl methyl sites for hydroxylation is 1. The van der Waals surface area contributed by atoms with E-state index in [1.807, 2.05) is 92.0 Å². The van der Waals surface area contributed by atoms with E-state index in [1.54, 1.807) is 18.9 Å². The first-order chi connectivity index (χ1) is 24.6. The summed E-state index contributed by atoms with van der Waals surface area (Å²) in [6.45, 7) is 7.53. The predicted molar refractivity (Wildman–Crippen MR) is 208 cm³/mol. The number of hydrogen-bond donors (Lipinski definition) is 1. The number of nitrogens with one attached hydrogen (secondary N) is 1. The van der Waals surface area contributed by atoms with Crippen molar-refractivity contribution in [1.29, 1.82) is 0 Å². The largest absolute Gasteiger partial charge is 0.497 e. The second-order valence-electron chi connectivity index (χ2n) is 12.7. The van der Waals surface area contributed by atoms with Crippen LogP contribution in [0.25, 0.3) is 33.6 Å². The molecule has 0 spiro atoms. The number of carbonyl (C=O) groups excluding carboxylic acids is 2. The number of methoxy groups -OCH3 is 2. The van der Waals surface area contributed by atoms with Crippen molar-refractivity contribution in [3.05, 3.63) is 125 Å². The molecule has 0 saturated heterocycles. The highest BCUT2D eigenvalue weighted by molar-refractivity contribution is 7.98. The number of hydrogen-bond acceptors (Lipinski definition) is 7. The number of benzene rings is 4. The maximum absolute atomic E-state index is 13.8. The molecule has 1 atom stereocenters. The summed E-state index contributed by atoms with van der Waals surface area (Å²) >= 11 is 7.84. The van der Waals surface area contributed by atoms with Gasteiger partial charge in [0, 0.05) is 34.3 Å². The Morgan fingerprint density at radius 3 is 2.31 bits per heavy atom. The molecule has 0 saturated carbocycles. The maximum Gasteiger partial charge on any atom is 0.328 e. The van der Waals surface area contributed by atoms with Crippen LogP contribution < -0.4 is 10.1 Å². The predicted octanol–water partition coefficient (Wildman–Crippen LogP) is 9.69. The fraction of sp³-hybridized carbons (Fsp3) is 0.286. The van der Waals surface area contributed by atoms with Crippen molar-refractivity contribution in [2.75, 3.05) is 26.2 Å². The van der Waals surface area contributed by atoms with Crippen LogP contribution >= 0.6 is 23.4 Å². The van der Waals surface area contributed by atoms with E-state index in [0.717, 1.165) is 56.2 Å². The molecule has 9 heteroatoms. The molecule has 5 rings (SSSR count). The van der Waals surface area contributed by atoms with Crippen molar-refractivity contribution in [3.8, 4) is 39.3 Å². The lowest BCUT2D eigenvalue weighted by atomic mass is 9.93. The van der Waals surface area contributed by atoms with Crippen molar-refractivity contribution in [1.82, 2.24) is 10.2 Å². The van der Waals surface area contributed by atoms with Gasteiger partial charge in [-0.1, -0.05) is 54.1 Å². The van der Waals surface area contributed by atoms with Gasteiger partial charge in [-0.3, -0.25) is 9.69 Å². The lowest BCUT2D eigenvalue weighted by Gasteiger charge is -2.26. The third-order valence-electron chi connectivity index (χ3n) is 8.91. The van der Waals surface area contributed by atoms with Gasteiger partial charge in [-0.05, 0) is 122 Å². The molecular weight excluding hydrogens is 680 g/mol. The van der Waals surface area contributed by atoms with Gasteiger partial charge in [0.2, 0.25) is 0 Å². The molecule has 0 bridgehead atoms. The molecule has 0 aliphatic rings. The topological polar surface area (TPSA) is 81.0 Å². The quantitative estimate of drug-likeness (QED) is 0.108. The van der Waals surface area contributed by atoms with E-state index in [9.17, 15) is 9.59 Å². The zero-order valence-electron chi connectivity index (χ0n) is 30.0. The molecule has 0 aliphatic carbocycles. The molecule has 1 heterocycles. The summed E-state index contributed by atoms with van der Waals surface area (Å²) in [6, 6.07) is 31.1. The van der Waals surface area contributed by atoms with Crippen molar-refractivity contribution in [2.24, 2.45) is 0 Å². The van der Waals surface area contributed by atoms with Crippen LogP contribution in [-0.2, 0) is 22.6 Å². The number of amides is 1. The maximum atomic E-state index is 13.8. The Morgan fingerprint density at radius 2 is 1.63 bits per heavy atom. The van der Waals surface area contributed by atoms with Gasteiger partial charge in [0.05, 0.1) is 20.8 Å². The summed E-state index contributed by atoms with van der Waals surface area (Å²) in [5.74, 6) is 2.30. The lowest BCUT2D eigenvalue weighted by molar-refractivity contribution is -0.142. The Hall–Kier alpha value is -4.50. The van der Waals surface area contributed by atoms with Crippen LogP contribution in [0.4, 0.5) is 0 Å².